The molecule has 0 unspecified atom stereocenters. The van der Waals surface area contributed by atoms with Crippen LogP contribution < -0.4 is 19.6 Å². The maximum Gasteiger partial charge on any atom is 0.347 e. The first-order valence-electron chi connectivity index (χ1n) is 10.5. The van der Waals surface area contributed by atoms with Crippen molar-refractivity contribution in [2.75, 3.05) is 19.6 Å². The van der Waals surface area contributed by atoms with Crippen LogP contribution in [0.4, 0.5) is 10.8 Å². The van der Waals surface area contributed by atoms with Gasteiger partial charge in [-0.15, -0.1) is 11.3 Å². The minimum absolute atomic E-state index is 0.0212. The van der Waals surface area contributed by atoms with Gasteiger partial charge in [0.1, 0.15) is 11.3 Å². The lowest BCUT2D eigenvalue weighted by Gasteiger charge is -2.11. The number of non-ortho nitro benzene ring substituents is 1. The van der Waals surface area contributed by atoms with Crippen molar-refractivity contribution in [3.05, 3.63) is 93.4 Å². The van der Waals surface area contributed by atoms with Gasteiger partial charge in [0.2, 0.25) is 5.13 Å². The zero-order valence-electron chi connectivity index (χ0n) is 19.2. The summed E-state index contributed by atoms with van der Waals surface area (Å²) < 4.78 is 16.1. The molecule has 3 aromatic carbocycles. The molecule has 10 nitrogen and oxygen atoms in total. The number of methoxy groups -OCH3 is 2. The lowest BCUT2D eigenvalue weighted by atomic mass is 10.1. The predicted molar refractivity (Wildman–Crippen MR) is 136 cm³/mol. The van der Waals surface area contributed by atoms with Crippen molar-refractivity contribution in [2.45, 2.75) is 0 Å². The molecule has 1 aromatic heterocycles. The van der Waals surface area contributed by atoms with E-state index in [0.29, 0.717) is 33.5 Å². The molecular weight excluding hydrogens is 484 g/mol. The SMILES string of the molecule is COc1cc(C=NNc2nc(-c3ccc([N+](=O)[O-])cc3)cs2)ccc1OC(=O)c1ccccc1OC. The van der Waals surface area contributed by atoms with Crippen LogP contribution in [-0.4, -0.2) is 36.3 Å². The van der Waals surface area contributed by atoms with Gasteiger partial charge in [0, 0.05) is 23.1 Å². The zero-order chi connectivity index (χ0) is 25.5. The van der Waals surface area contributed by atoms with E-state index in [-0.39, 0.29) is 11.4 Å². The monoisotopic (exact) mass is 504 g/mol. The second kappa shape index (κ2) is 11.1. The third-order valence-electron chi connectivity index (χ3n) is 4.97. The number of nitro groups is 1. The van der Waals surface area contributed by atoms with Crippen LogP contribution in [0.25, 0.3) is 11.3 Å². The number of anilines is 1. The van der Waals surface area contributed by atoms with Crippen molar-refractivity contribution >= 4 is 34.3 Å². The fourth-order valence-electron chi connectivity index (χ4n) is 3.19. The van der Waals surface area contributed by atoms with Gasteiger partial charge in [-0.25, -0.2) is 9.78 Å². The molecule has 11 heteroatoms. The van der Waals surface area contributed by atoms with Crippen LogP contribution in [0.1, 0.15) is 15.9 Å². The van der Waals surface area contributed by atoms with Gasteiger partial charge in [-0.3, -0.25) is 15.5 Å². The van der Waals surface area contributed by atoms with E-state index >= 15 is 0 Å². The lowest BCUT2D eigenvalue weighted by molar-refractivity contribution is -0.384. The molecule has 4 rings (SSSR count). The Labute approximate surface area is 209 Å². The normalized spacial score (nSPS) is 10.7. The molecule has 0 saturated carbocycles. The molecule has 182 valence electrons. The molecule has 0 radical (unpaired) electrons. The average molecular weight is 505 g/mol. The summed E-state index contributed by atoms with van der Waals surface area (Å²) in [5.74, 6) is 0.458. The molecule has 0 aliphatic carbocycles. The highest BCUT2D eigenvalue weighted by Gasteiger charge is 2.16. The predicted octanol–water partition coefficient (Wildman–Crippen LogP) is 5.40. The fourth-order valence-corrected chi connectivity index (χ4v) is 3.86. The first kappa shape index (κ1) is 24.4. The van der Waals surface area contributed by atoms with Gasteiger partial charge >= 0.3 is 5.97 Å². The van der Waals surface area contributed by atoms with Gasteiger partial charge in [0.25, 0.3) is 5.69 Å². The molecule has 0 saturated heterocycles. The molecule has 1 N–H and O–H groups in total. The minimum atomic E-state index is -0.568. The number of nitrogens with one attached hydrogen (secondary N) is 1. The molecule has 0 spiro atoms. The molecule has 0 amide bonds. The third-order valence-corrected chi connectivity index (χ3v) is 5.72. The molecule has 1 heterocycles. The summed E-state index contributed by atoms with van der Waals surface area (Å²) >= 11 is 1.35. The van der Waals surface area contributed by atoms with E-state index in [0.717, 1.165) is 5.56 Å². The van der Waals surface area contributed by atoms with Crippen molar-refractivity contribution in [3.8, 4) is 28.5 Å². The van der Waals surface area contributed by atoms with Gasteiger partial charge in [-0.2, -0.15) is 5.10 Å². The quantitative estimate of drug-likeness (QED) is 0.106. The molecule has 36 heavy (non-hydrogen) atoms. The van der Waals surface area contributed by atoms with Gasteiger partial charge in [-0.05, 0) is 48.0 Å². The Bertz CT molecular complexity index is 1420. The van der Waals surface area contributed by atoms with Gasteiger partial charge in [-0.1, -0.05) is 12.1 Å². The molecule has 0 atom stereocenters. The Morgan fingerprint density at radius 3 is 2.50 bits per heavy atom. The molecule has 0 aliphatic heterocycles. The number of nitro benzene ring substituents is 1. The molecular formula is C25H20N4O6S. The van der Waals surface area contributed by atoms with Crippen molar-refractivity contribution < 1.29 is 23.9 Å². The van der Waals surface area contributed by atoms with E-state index in [1.54, 1.807) is 60.8 Å². The van der Waals surface area contributed by atoms with Crippen molar-refractivity contribution in [3.63, 3.8) is 0 Å². The summed E-state index contributed by atoms with van der Waals surface area (Å²) in [4.78, 5) is 27.4. The minimum Gasteiger partial charge on any atom is -0.496 e. The number of thiazole rings is 1. The first-order chi connectivity index (χ1) is 17.5. The fraction of sp³-hybridized carbons (Fsp3) is 0.0800. The second-order valence-corrected chi connectivity index (χ2v) is 8.07. The number of esters is 1. The summed E-state index contributed by atoms with van der Waals surface area (Å²) in [6.07, 6.45) is 1.57. The second-order valence-electron chi connectivity index (χ2n) is 7.21. The number of hydrogen-bond acceptors (Lipinski definition) is 10. The number of nitrogens with zero attached hydrogens (tertiary/aromatic N) is 3. The Morgan fingerprint density at radius 1 is 1.03 bits per heavy atom. The number of benzene rings is 3. The van der Waals surface area contributed by atoms with Crippen LogP contribution in [0.3, 0.4) is 0 Å². The van der Waals surface area contributed by atoms with Crippen LogP contribution in [-0.2, 0) is 0 Å². The summed E-state index contributed by atoms with van der Waals surface area (Å²) in [7, 11) is 2.96. The van der Waals surface area contributed by atoms with Crippen LogP contribution in [0.5, 0.6) is 17.2 Å². The van der Waals surface area contributed by atoms with Crippen molar-refractivity contribution in [2.24, 2.45) is 5.10 Å². The van der Waals surface area contributed by atoms with Crippen molar-refractivity contribution in [1.29, 1.82) is 0 Å². The topological polar surface area (TPSA) is 125 Å². The number of carbonyl (C=O) groups is 1. The highest BCUT2D eigenvalue weighted by atomic mass is 32.1. The number of aromatic nitrogens is 1. The van der Waals surface area contributed by atoms with E-state index < -0.39 is 10.9 Å². The summed E-state index contributed by atoms with van der Waals surface area (Å²) in [5, 5.41) is 17.4. The van der Waals surface area contributed by atoms with Crippen LogP contribution >= 0.6 is 11.3 Å². The largest absolute Gasteiger partial charge is 0.496 e. The Hall–Kier alpha value is -4.77. The summed E-state index contributed by atoms with van der Waals surface area (Å²) in [5.41, 5.74) is 5.32. The zero-order valence-corrected chi connectivity index (χ0v) is 20.0. The van der Waals surface area contributed by atoms with E-state index in [2.05, 4.69) is 15.5 Å². The molecule has 4 aromatic rings. The van der Waals surface area contributed by atoms with Crippen molar-refractivity contribution in [1.82, 2.24) is 4.98 Å². The number of carbonyl (C=O) groups excluding carboxylic acids is 1. The van der Waals surface area contributed by atoms with Gasteiger partial charge in [0.05, 0.1) is 31.1 Å². The van der Waals surface area contributed by atoms with Gasteiger partial charge in [0.15, 0.2) is 11.5 Å². The Morgan fingerprint density at radius 2 is 1.78 bits per heavy atom. The van der Waals surface area contributed by atoms with E-state index in [4.69, 9.17) is 14.2 Å². The van der Waals surface area contributed by atoms with Crippen LogP contribution in [0.2, 0.25) is 0 Å². The Kier molecular flexibility index (Phi) is 7.51. The number of rotatable bonds is 9. The average Bonchev–Trinajstić information content (AvgIpc) is 3.38. The summed E-state index contributed by atoms with van der Waals surface area (Å²) in [6.45, 7) is 0. The molecule has 0 aliphatic rings. The maximum atomic E-state index is 12.6. The van der Waals surface area contributed by atoms with Crippen LogP contribution in [0, 0.1) is 10.1 Å². The number of hydrazone groups is 1. The third kappa shape index (κ3) is 5.65. The summed E-state index contributed by atoms with van der Waals surface area (Å²) in [6, 6.07) is 18.0. The smallest absolute Gasteiger partial charge is 0.347 e. The molecule has 0 bridgehead atoms. The lowest BCUT2D eigenvalue weighted by Crippen LogP contribution is -2.10. The number of para-hydroxylation sites is 1. The number of ether oxygens (including phenoxy) is 3. The van der Waals surface area contributed by atoms with E-state index in [9.17, 15) is 14.9 Å². The van der Waals surface area contributed by atoms with E-state index in [1.807, 2.05) is 5.38 Å². The van der Waals surface area contributed by atoms with Crippen LogP contribution in [0.15, 0.2) is 77.2 Å². The standard InChI is InChI=1S/C25H20N4O6S/c1-33-21-6-4-3-5-19(21)24(30)35-22-12-7-16(13-23(22)34-2)14-26-28-25-27-20(15-36-25)17-8-10-18(11-9-17)29(31)32/h3-15H,1-2H3,(H,27,28). The first-order valence-corrected chi connectivity index (χ1v) is 11.4. The number of hydrogen-bond donors (Lipinski definition) is 1. The molecule has 0 fully saturated rings. The van der Waals surface area contributed by atoms with E-state index in [1.165, 1.54) is 37.7 Å². The highest BCUT2D eigenvalue weighted by molar-refractivity contribution is 7.14. The Balaban J connectivity index is 1.41. The van der Waals surface area contributed by atoms with Gasteiger partial charge < -0.3 is 14.2 Å². The highest BCUT2D eigenvalue weighted by Crippen LogP contribution is 2.30. The maximum absolute atomic E-state index is 12.6.